The van der Waals surface area contributed by atoms with Gasteiger partial charge in [-0.3, -0.25) is 0 Å². The predicted octanol–water partition coefficient (Wildman–Crippen LogP) is 3.59. The van der Waals surface area contributed by atoms with E-state index in [0.29, 0.717) is 6.04 Å². The van der Waals surface area contributed by atoms with Gasteiger partial charge in [-0.25, -0.2) is 0 Å². The fourth-order valence-electron chi connectivity index (χ4n) is 3.58. The van der Waals surface area contributed by atoms with Crippen molar-refractivity contribution in [2.24, 2.45) is 5.92 Å². The monoisotopic (exact) mass is 264 g/mol. The molecule has 0 aromatic carbocycles. The lowest BCUT2D eigenvalue weighted by Gasteiger charge is -2.35. The summed E-state index contributed by atoms with van der Waals surface area (Å²) in [7, 11) is 0. The third kappa shape index (κ3) is 4.92. The molecule has 0 saturated carbocycles. The summed E-state index contributed by atoms with van der Waals surface area (Å²) in [5, 5.41) is 3.77. The van der Waals surface area contributed by atoms with E-state index in [1.807, 2.05) is 0 Å². The van der Waals surface area contributed by atoms with Gasteiger partial charge >= 0.3 is 0 Å². The van der Waals surface area contributed by atoms with Gasteiger partial charge in [0.05, 0.1) is 0 Å². The van der Waals surface area contributed by atoms with Crippen molar-refractivity contribution in [3.05, 3.63) is 11.6 Å². The van der Waals surface area contributed by atoms with Crippen LogP contribution in [0.3, 0.4) is 0 Å². The Balaban J connectivity index is 1.59. The van der Waals surface area contributed by atoms with E-state index in [0.717, 1.165) is 5.92 Å². The van der Waals surface area contributed by atoms with Crippen molar-refractivity contribution in [3.63, 3.8) is 0 Å². The summed E-state index contributed by atoms with van der Waals surface area (Å²) >= 11 is 0. The zero-order valence-corrected chi connectivity index (χ0v) is 13.0. The zero-order chi connectivity index (χ0) is 13.5. The second-order valence-corrected chi connectivity index (χ2v) is 6.43. The molecule has 1 aliphatic heterocycles. The van der Waals surface area contributed by atoms with Gasteiger partial charge in [-0.15, -0.1) is 0 Å². The third-order valence-electron chi connectivity index (χ3n) is 4.93. The minimum absolute atomic E-state index is 0.700. The molecule has 2 heteroatoms. The normalized spacial score (nSPS) is 23.6. The Bertz CT molecular complexity index is 277. The Labute approximate surface area is 119 Å². The van der Waals surface area contributed by atoms with Crippen LogP contribution < -0.4 is 5.32 Å². The molecule has 1 saturated heterocycles. The molecule has 0 spiro atoms. The van der Waals surface area contributed by atoms with E-state index in [1.165, 1.54) is 71.1 Å². The van der Waals surface area contributed by atoms with Crippen LogP contribution in [0.15, 0.2) is 11.6 Å². The lowest BCUT2D eigenvalue weighted by Crippen LogP contribution is -2.42. The zero-order valence-electron chi connectivity index (χ0n) is 13.0. The molecule has 1 atom stereocenters. The van der Waals surface area contributed by atoms with Gasteiger partial charge in [0.25, 0.3) is 0 Å². The maximum Gasteiger partial charge on any atom is 0.00680 e. The Morgan fingerprint density at radius 2 is 2.16 bits per heavy atom. The summed E-state index contributed by atoms with van der Waals surface area (Å²) in [6.07, 6.45) is 11.9. The van der Waals surface area contributed by atoms with Crippen molar-refractivity contribution in [2.75, 3.05) is 26.2 Å². The molecule has 1 N–H and O–H groups in total. The van der Waals surface area contributed by atoms with Crippen molar-refractivity contribution in [1.29, 1.82) is 0 Å². The van der Waals surface area contributed by atoms with Gasteiger partial charge in [0.1, 0.15) is 0 Å². The Hall–Kier alpha value is -0.340. The average molecular weight is 264 g/mol. The standard InChI is InChI=1S/C17H32N2/c1-3-12-19-13-9-17(10-14-19)15(2)18-11-8-16-6-4-5-7-16/h6,15,17-18H,3-5,7-14H2,1-2H3. The van der Waals surface area contributed by atoms with Gasteiger partial charge in [-0.2, -0.15) is 0 Å². The molecule has 0 bridgehead atoms. The van der Waals surface area contributed by atoms with Crippen LogP contribution in [-0.4, -0.2) is 37.1 Å². The van der Waals surface area contributed by atoms with Crippen LogP contribution in [0.25, 0.3) is 0 Å². The number of likely N-dealkylation sites (tertiary alicyclic amines) is 1. The number of hydrogen-bond acceptors (Lipinski definition) is 2. The van der Waals surface area contributed by atoms with E-state index >= 15 is 0 Å². The van der Waals surface area contributed by atoms with Crippen LogP contribution in [0.4, 0.5) is 0 Å². The molecule has 1 unspecified atom stereocenters. The lowest BCUT2D eigenvalue weighted by molar-refractivity contribution is 0.163. The molecule has 0 aromatic heterocycles. The van der Waals surface area contributed by atoms with Crippen molar-refractivity contribution in [1.82, 2.24) is 10.2 Å². The van der Waals surface area contributed by atoms with Gasteiger partial charge in [0.2, 0.25) is 0 Å². The molecule has 2 rings (SSSR count). The maximum atomic E-state index is 3.77. The van der Waals surface area contributed by atoms with Crippen LogP contribution in [0, 0.1) is 5.92 Å². The van der Waals surface area contributed by atoms with Crippen molar-refractivity contribution in [3.8, 4) is 0 Å². The Morgan fingerprint density at radius 3 is 2.79 bits per heavy atom. The van der Waals surface area contributed by atoms with Crippen molar-refractivity contribution >= 4 is 0 Å². The molecule has 0 aromatic rings. The molecule has 1 fully saturated rings. The molecular weight excluding hydrogens is 232 g/mol. The van der Waals surface area contributed by atoms with Crippen molar-refractivity contribution < 1.29 is 0 Å². The molecule has 2 nitrogen and oxygen atoms in total. The molecule has 1 heterocycles. The van der Waals surface area contributed by atoms with Crippen LogP contribution >= 0.6 is 0 Å². The van der Waals surface area contributed by atoms with Crippen LogP contribution in [0.2, 0.25) is 0 Å². The number of rotatable bonds is 7. The van der Waals surface area contributed by atoms with E-state index in [4.69, 9.17) is 0 Å². The smallest absolute Gasteiger partial charge is 0.00680 e. The molecule has 1 aliphatic carbocycles. The fraction of sp³-hybridized carbons (Fsp3) is 0.882. The summed E-state index contributed by atoms with van der Waals surface area (Å²) in [5.41, 5.74) is 1.69. The van der Waals surface area contributed by atoms with Gasteiger partial charge < -0.3 is 10.2 Å². The van der Waals surface area contributed by atoms with Gasteiger partial charge in [0, 0.05) is 6.04 Å². The highest BCUT2D eigenvalue weighted by molar-refractivity contribution is 5.07. The number of allylic oxidation sites excluding steroid dienone is 1. The first-order valence-corrected chi connectivity index (χ1v) is 8.43. The summed E-state index contributed by atoms with van der Waals surface area (Å²) in [6, 6.07) is 0.700. The molecule has 0 amide bonds. The highest BCUT2D eigenvalue weighted by Crippen LogP contribution is 2.22. The van der Waals surface area contributed by atoms with E-state index in [-0.39, 0.29) is 0 Å². The lowest BCUT2D eigenvalue weighted by atomic mass is 9.90. The summed E-state index contributed by atoms with van der Waals surface area (Å²) in [4.78, 5) is 2.63. The summed E-state index contributed by atoms with van der Waals surface area (Å²) in [5.74, 6) is 0.894. The Kier molecular flexibility index (Phi) is 6.39. The topological polar surface area (TPSA) is 15.3 Å². The average Bonchev–Trinajstić information content (AvgIpc) is 2.93. The molecule has 0 radical (unpaired) electrons. The molecule has 110 valence electrons. The van der Waals surface area contributed by atoms with E-state index in [9.17, 15) is 0 Å². The fourth-order valence-corrected chi connectivity index (χ4v) is 3.58. The maximum absolute atomic E-state index is 3.77. The van der Waals surface area contributed by atoms with Crippen LogP contribution in [0.5, 0.6) is 0 Å². The first-order chi connectivity index (χ1) is 9.29. The van der Waals surface area contributed by atoms with Gasteiger partial charge in [-0.05, 0) is 84.0 Å². The molecule has 2 aliphatic rings. The van der Waals surface area contributed by atoms with Gasteiger partial charge in [0.15, 0.2) is 0 Å². The number of hydrogen-bond donors (Lipinski definition) is 1. The predicted molar refractivity (Wildman–Crippen MR) is 83.5 cm³/mol. The summed E-state index contributed by atoms with van der Waals surface area (Å²) in [6.45, 7) is 9.79. The largest absolute Gasteiger partial charge is 0.314 e. The van der Waals surface area contributed by atoms with E-state index in [2.05, 4.69) is 30.1 Å². The first-order valence-electron chi connectivity index (χ1n) is 8.43. The molecule has 19 heavy (non-hydrogen) atoms. The SMILES string of the molecule is CCCN1CCC(C(C)NCCC2=CCCC2)CC1. The Morgan fingerprint density at radius 1 is 1.37 bits per heavy atom. The number of piperidine rings is 1. The number of nitrogens with zero attached hydrogens (tertiary/aromatic N) is 1. The second kappa shape index (κ2) is 8.06. The highest BCUT2D eigenvalue weighted by Gasteiger charge is 2.22. The minimum Gasteiger partial charge on any atom is -0.314 e. The van der Waals surface area contributed by atoms with E-state index < -0.39 is 0 Å². The van der Waals surface area contributed by atoms with Crippen LogP contribution in [-0.2, 0) is 0 Å². The molecular formula is C17H32N2. The van der Waals surface area contributed by atoms with Crippen LogP contribution in [0.1, 0.15) is 58.8 Å². The number of nitrogens with one attached hydrogen (secondary N) is 1. The summed E-state index contributed by atoms with van der Waals surface area (Å²) < 4.78 is 0. The third-order valence-corrected chi connectivity index (χ3v) is 4.93. The second-order valence-electron chi connectivity index (χ2n) is 6.43. The minimum atomic E-state index is 0.700. The van der Waals surface area contributed by atoms with Crippen molar-refractivity contribution in [2.45, 2.75) is 64.8 Å². The highest BCUT2D eigenvalue weighted by atomic mass is 15.1. The first kappa shape index (κ1) is 15.1. The van der Waals surface area contributed by atoms with E-state index in [1.54, 1.807) is 5.57 Å². The quantitative estimate of drug-likeness (QED) is 0.707. The van der Waals surface area contributed by atoms with Gasteiger partial charge in [-0.1, -0.05) is 18.6 Å².